The van der Waals surface area contributed by atoms with E-state index in [1.807, 2.05) is 0 Å². The van der Waals surface area contributed by atoms with Crippen molar-refractivity contribution >= 4 is 29.1 Å². The molecule has 0 fully saturated rings. The SMILES string of the molecule is N#CCC(=O)Nc1ccc(Cl)c(C(N)=O)c1. The van der Waals surface area contributed by atoms with Crippen LogP contribution in [0.25, 0.3) is 0 Å². The Bertz CT molecular complexity index is 479. The predicted molar refractivity (Wildman–Crippen MR) is 58.8 cm³/mol. The van der Waals surface area contributed by atoms with Crippen LogP contribution in [0.3, 0.4) is 0 Å². The molecule has 0 aromatic heterocycles. The molecule has 0 unspecified atom stereocenters. The number of hydrogen-bond donors (Lipinski definition) is 2. The molecule has 0 bridgehead atoms. The fourth-order valence-corrected chi connectivity index (χ4v) is 1.28. The summed E-state index contributed by atoms with van der Waals surface area (Å²) in [4.78, 5) is 22.1. The number of rotatable bonds is 3. The molecule has 5 nitrogen and oxygen atoms in total. The summed E-state index contributed by atoms with van der Waals surface area (Å²) >= 11 is 5.72. The molecule has 16 heavy (non-hydrogen) atoms. The highest BCUT2D eigenvalue weighted by molar-refractivity contribution is 6.33. The Morgan fingerprint density at radius 1 is 1.50 bits per heavy atom. The van der Waals surface area contributed by atoms with E-state index in [-0.39, 0.29) is 17.0 Å². The number of amides is 2. The number of benzene rings is 1. The van der Waals surface area contributed by atoms with Crippen molar-refractivity contribution in [1.82, 2.24) is 0 Å². The van der Waals surface area contributed by atoms with Crippen molar-refractivity contribution < 1.29 is 9.59 Å². The van der Waals surface area contributed by atoms with Crippen molar-refractivity contribution in [2.75, 3.05) is 5.32 Å². The average molecular weight is 238 g/mol. The minimum atomic E-state index is -0.679. The third kappa shape index (κ3) is 2.97. The van der Waals surface area contributed by atoms with Crippen LogP contribution in [0.15, 0.2) is 18.2 Å². The number of primary amides is 1. The highest BCUT2D eigenvalue weighted by Crippen LogP contribution is 2.20. The lowest BCUT2D eigenvalue weighted by molar-refractivity contribution is -0.115. The van der Waals surface area contributed by atoms with Gasteiger partial charge in [-0.1, -0.05) is 11.6 Å². The highest BCUT2D eigenvalue weighted by atomic mass is 35.5. The number of hydrogen-bond acceptors (Lipinski definition) is 3. The van der Waals surface area contributed by atoms with Crippen LogP contribution < -0.4 is 11.1 Å². The van der Waals surface area contributed by atoms with Crippen LogP contribution in [-0.2, 0) is 4.79 Å². The number of carbonyl (C=O) groups excluding carboxylic acids is 2. The molecular weight excluding hydrogens is 230 g/mol. The van der Waals surface area contributed by atoms with E-state index in [1.165, 1.54) is 18.2 Å². The Morgan fingerprint density at radius 2 is 2.19 bits per heavy atom. The molecule has 2 amide bonds. The van der Waals surface area contributed by atoms with Crippen molar-refractivity contribution in [3.05, 3.63) is 28.8 Å². The van der Waals surface area contributed by atoms with Gasteiger partial charge in [-0.3, -0.25) is 9.59 Å². The summed E-state index contributed by atoms with van der Waals surface area (Å²) in [5.41, 5.74) is 5.58. The zero-order valence-electron chi connectivity index (χ0n) is 8.16. The molecule has 0 spiro atoms. The molecule has 82 valence electrons. The Balaban J connectivity index is 2.92. The standard InChI is InChI=1S/C10H8ClN3O2/c11-8-2-1-6(5-7(8)10(13)16)14-9(15)3-4-12/h1-2,5H,3H2,(H2,13,16)(H,14,15). The maximum Gasteiger partial charge on any atom is 0.250 e. The zero-order chi connectivity index (χ0) is 12.1. The lowest BCUT2D eigenvalue weighted by Gasteiger charge is -2.05. The first kappa shape index (κ1) is 12.0. The lowest BCUT2D eigenvalue weighted by atomic mass is 10.2. The first-order chi connectivity index (χ1) is 7.54. The molecule has 0 aliphatic heterocycles. The molecule has 1 aromatic rings. The number of anilines is 1. The van der Waals surface area contributed by atoms with Crippen molar-refractivity contribution in [1.29, 1.82) is 5.26 Å². The van der Waals surface area contributed by atoms with E-state index in [0.29, 0.717) is 5.69 Å². The maximum absolute atomic E-state index is 11.1. The molecule has 0 heterocycles. The minimum absolute atomic E-state index is 0.122. The average Bonchev–Trinajstić information content (AvgIpc) is 2.21. The number of nitrogens with zero attached hydrogens (tertiary/aromatic N) is 1. The van der Waals surface area contributed by atoms with E-state index in [4.69, 9.17) is 22.6 Å². The second-order valence-corrected chi connectivity index (χ2v) is 3.35. The third-order valence-corrected chi connectivity index (χ3v) is 2.08. The number of nitriles is 1. The summed E-state index contributed by atoms with van der Waals surface area (Å²) in [5, 5.41) is 10.9. The zero-order valence-corrected chi connectivity index (χ0v) is 8.91. The van der Waals surface area contributed by atoms with Crippen molar-refractivity contribution in [2.45, 2.75) is 6.42 Å². The van der Waals surface area contributed by atoms with Gasteiger partial charge < -0.3 is 11.1 Å². The fraction of sp³-hybridized carbons (Fsp3) is 0.100. The normalized spacial score (nSPS) is 9.25. The quantitative estimate of drug-likeness (QED) is 0.829. The lowest BCUT2D eigenvalue weighted by Crippen LogP contribution is -2.14. The molecule has 3 N–H and O–H groups in total. The van der Waals surface area contributed by atoms with Crippen LogP contribution in [0, 0.1) is 11.3 Å². The molecule has 1 aromatic carbocycles. The van der Waals surface area contributed by atoms with Gasteiger partial charge in [0.2, 0.25) is 11.8 Å². The van der Waals surface area contributed by atoms with Gasteiger partial charge in [0.1, 0.15) is 6.42 Å². The van der Waals surface area contributed by atoms with Crippen LogP contribution in [-0.4, -0.2) is 11.8 Å². The van der Waals surface area contributed by atoms with Crippen LogP contribution >= 0.6 is 11.6 Å². The summed E-state index contributed by atoms with van der Waals surface area (Å²) in [5.74, 6) is -1.14. The van der Waals surface area contributed by atoms with Crippen molar-refractivity contribution in [3.63, 3.8) is 0 Å². The Morgan fingerprint density at radius 3 is 2.75 bits per heavy atom. The van der Waals surface area contributed by atoms with Gasteiger partial charge in [0, 0.05) is 5.69 Å². The summed E-state index contributed by atoms with van der Waals surface area (Å²) in [6.45, 7) is 0. The monoisotopic (exact) mass is 237 g/mol. The number of nitrogens with two attached hydrogens (primary N) is 1. The first-order valence-corrected chi connectivity index (χ1v) is 4.68. The molecule has 0 aliphatic rings. The summed E-state index contributed by atoms with van der Waals surface area (Å²) in [6, 6.07) is 6.03. The van der Waals surface area contributed by atoms with Gasteiger partial charge >= 0.3 is 0 Å². The largest absolute Gasteiger partial charge is 0.366 e. The highest BCUT2D eigenvalue weighted by Gasteiger charge is 2.08. The molecule has 0 atom stereocenters. The molecule has 0 saturated carbocycles. The van der Waals surface area contributed by atoms with Gasteiger partial charge in [-0.2, -0.15) is 5.26 Å². The second kappa shape index (κ2) is 5.14. The molecule has 0 saturated heterocycles. The van der Waals surface area contributed by atoms with Crippen LogP contribution in [0.2, 0.25) is 5.02 Å². The first-order valence-electron chi connectivity index (χ1n) is 4.30. The fourth-order valence-electron chi connectivity index (χ4n) is 1.07. The Hall–Kier alpha value is -2.06. The predicted octanol–water partition coefficient (Wildman–Crippen LogP) is 1.29. The van der Waals surface area contributed by atoms with Crippen molar-refractivity contribution in [3.8, 4) is 6.07 Å². The third-order valence-electron chi connectivity index (χ3n) is 1.76. The number of carbonyl (C=O) groups is 2. The smallest absolute Gasteiger partial charge is 0.250 e. The van der Waals surface area contributed by atoms with E-state index >= 15 is 0 Å². The minimum Gasteiger partial charge on any atom is -0.366 e. The Labute approximate surface area is 96.8 Å². The van der Waals surface area contributed by atoms with Crippen LogP contribution in [0.4, 0.5) is 5.69 Å². The van der Waals surface area contributed by atoms with E-state index in [9.17, 15) is 9.59 Å². The molecule has 0 aliphatic carbocycles. The topological polar surface area (TPSA) is 96.0 Å². The molecule has 1 rings (SSSR count). The van der Waals surface area contributed by atoms with Gasteiger partial charge in [-0.05, 0) is 18.2 Å². The van der Waals surface area contributed by atoms with E-state index in [0.717, 1.165) is 0 Å². The summed E-state index contributed by atoms with van der Waals surface area (Å²) in [6.07, 6.45) is -0.255. The number of halogens is 1. The van der Waals surface area contributed by atoms with Gasteiger partial charge in [0.25, 0.3) is 0 Å². The summed E-state index contributed by atoms with van der Waals surface area (Å²) < 4.78 is 0. The second-order valence-electron chi connectivity index (χ2n) is 2.94. The van der Waals surface area contributed by atoms with Gasteiger partial charge in [0.05, 0.1) is 16.7 Å². The van der Waals surface area contributed by atoms with E-state index in [2.05, 4.69) is 5.32 Å². The summed E-state index contributed by atoms with van der Waals surface area (Å²) in [7, 11) is 0. The van der Waals surface area contributed by atoms with Gasteiger partial charge in [0.15, 0.2) is 0 Å². The molecular formula is C10H8ClN3O2. The van der Waals surface area contributed by atoms with Crippen molar-refractivity contribution in [2.24, 2.45) is 5.73 Å². The van der Waals surface area contributed by atoms with E-state index < -0.39 is 11.8 Å². The Kier molecular flexibility index (Phi) is 3.86. The molecule has 0 radical (unpaired) electrons. The molecule has 6 heteroatoms. The number of nitrogens with one attached hydrogen (secondary N) is 1. The van der Waals surface area contributed by atoms with Crippen LogP contribution in [0.1, 0.15) is 16.8 Å². The van der Waals surface area contributed by atoms with Gasteiger partial charge in [-0.25, -0.2) is 0 Å². The van der Waals surface area contributed by atoms with E-state index in [1.54, 1.807) is 6.07 Å². The maximum atomic E-state index is 11.1. The van der Waals surface area contributed by atoms with Crippen LogP contribution in [0.5, 0.6) is 0 Å². The van der Waals surface area contributed by atoms with Gasteiger partial charge in [-0.15, -0.1) is 0 Å².